The number of para-hydroxylation sites is 1. The first kappa shape index (κ1) is 17.2. The average molecular weight is 391 g/mol. The lowest BCUT2D eigenvalue weighted by atomic mass is 10.2. The number of hydrogen-bond acceptors (Lipinski definition) is 4. The molecule has 24 heavy (non-hydrogen) atoms. The number of aromatic nitrogens is 1. The Morgan fingerprint density at radius 2 is 1.96 bits per heavy atom. The number of halogens is 1. The Hall–Kier alpha value is -1.66. The molecule has 1 aliphatic heterocycles. The highest BCUT2D eigenvalue weighted by Gasteiger charge is 2.20. The molecule has 0 unspecified atom stereocenters. The van der Waals surface area contributed by atoms with Gasteiger partial charge < -0.3 is 10.2 Å². The van der Waals surface area contributed by atoms with Gasteiger partial charge in [-0.15, -0.1) is 0 Å². The normalized spacial score (nSPS) is 15.9. The molecule has 1 amide bonds. The topological polar surface area (TPSA) is 48.5 Å². The molecule has 0 bridgehead atoms. The third-order valence-corrected chi connectivity index (χ3v) is 4.81. The predicted octanol–water partition coefficient (Wildman–Crippen LogP) is 2.64. The molecule has 1 aromatic carbocycles. The predicted molar refractivity (Wildman–Crippen MR) is 101 cm³/mol. The summed E-state index contributed by atoms with van der Waals surface area (Å²) in [6.45, 7) is 7.97. The molecule has 0 saturated carbocycles. The van der Waals surface area contributed by atoms with Crippen molar-refractivity contribution in [1.29, 1.82) is 0 Å². The zero-order chi connectivity index (χ0) is 17.1. The Kier molecular flexibility index (Phi) is 5.36. The summed E-state index contributed by atoms with van der Waals surface area (Å²) in [4.78, 5) is 21.2. The van der Waals surface area contributed by atoms with Gasteiger partial charge in [-0.25, -0.2) is 4.98 Å². The highest BCUT2D eigenvalue weighted by Crippen LogP contribution is 2.25. The van der Waals surface area contributed by atoms with E-state index in [0.717, 1.165) is 47.4 Å². The number of anilines is 1. The summed E-state index contributed by atoms with van der Waals surface area (Å²) in [7, 11) is 0. The van der Waals surface area contributed by atoms with Crippen LogP contribution in [-0.4, -0.2) is 54.6 Å². The Bertz CT molecular complexity index is 726. The quantitative estimate of drug-likeness (QED) is 0.871. The fourth-order valence-corrected chi connectivity index (χ4v) is 3.45. The van der Waals surface area contributed by atoms with E-state index in [1.165, 1.54) is 0 Å². The Labute approximate surface area is 151 Å². The van der Waals surface area contributed by atoms with Gasteiger partial charge in [-0.2, -0.15) is 0 Å². The second kappa shape index (κ2) is 7.49. The smallest absolute Gasteiger partial charge is 0.234 e. The molecule has 0 atom stereocenters. The number of fused-ring (bicyclic) bond motifs is 1. The molecular formula is C18H23BrN4O. The molecule has 1 aliphatic rings. The van der Waals surface area contributed by atoms with Crippen molar-refractivity contribution in [3.8, 4) is 0 Å². The minimum Gasteiger partial charge on any atom is -0.354 e. The zero-order valence-electron chi connectivity index (χ0n) is 14.1. The number of carbonyl (C=O) groups is 1. The SMILES string of the molecule is CC(C)NC(=O)CN1CCN(c2ccc3cccc(Br)c3n2)CC1. The minimum atomic E-state index is 0.103. The average Bonchev–Trinajstić information content (AvgIpc) is 2.55. The minimum absolute atomic E-state index is 0.103. The Balaban J connectivity index is 1.62. The van der Waals surface area contributed by atoms with Crippen LogP contribution in [-0.2, 0) is 4.79 Å². The van der Waals surface area contributed by atoms with Crippen molar-refractivity contribution in [3.05, 3.63) is 34.8 Å². The zero-order valence-corrected chi connectivity index (χ0v) is 15.7. The van der Waals surface area contributed by atoms with E-state index in [1.807, 2.05) is 26.0 Å². The van der Waals surface area contributed by atoms with Crippen molar-refractivity contribution < 1.29 is 4.79 Å². The summed E-state index contributed by atoms with van der Waals surface area (Å²) in [5.74, 6) is 1.10. The summed E-state index contributed by atoms with van der Waals surface area (Å²) in [5.41, 5.74) is 0.994. The van der Waals surface area contributed by atoms with Crippen LogP contribution in [0.5, 0.6) is 0 Å². The van der Waals surface area contributed by atoms with E-state index in [0.29, 0.717) is 6.54 Å². The van der Waals surface area contributed by atoms with Gasteiger partial charge in [0, 0.05) is 42.1 Å². The molecule has 1 N–H and O–H groups in total. The van der Waals surface area contributed by atoms with Crippen molar-refractivity contribution in [1.82, 2.24) is 15.2 Å². The van der Waals surface area contributed by atoms with E-state index in [4.69, 9.17) is 4.98 Å². The van der Waals surface area contributed by atoms with Gasteiger partial charge in [-0.1, -0.05) is 12.1 Å². The molecule has 2 heterocycles. The molecule has 1 fully saturated rings. The number of pyridine rings is 1. The summed E-state index contributed by atoms with van der Waals surface area (Å²) in [6, 6.07) is 10.5. The monoisotopic (exact) mass is 390 g/mol. The summed E-state index contributed by atoms with van der Waals surface area (Å²) < 4.78 is 1.02. The number of benzene rings is 1. The lowest BCUT2D eigenvalue weighted by molar-refractivity contribution is -0.122. The molecule has 1 aromatic heterocycles. The fraction of sp³-hybridized carbons (Fsp3) is 0.444. The van der Waals surface area contributed by atoms with Crippen molar-refractivity contribution in [2.24, 2.45) is 0 Å². The fourth-order valence-electron chi connectivity index (χ4n) is 2.98. The first-order valence-electron chi connectivity index (χ1n) is 8.35. The Morgan fingerprint density at radius 3 is 2.67 bits per heavy atom. The first-order valence-corrected chi connectivity index (χ1v) is 9.14. The summed E-state index contributed by atoms with van der Waals surface area (Å²) in [6.07, 6.45) is 0. The van der Waals surface area contributed by atoms with E-state index in [-0.39, 0.29) is 11.9 Å². The maximum Gasteiger partial charge on any atom is 0.234 e. The standard InChI is InChI=1S/C18H23BrN4O/c1-13(2)20-17(24)12-22-8-10-23(11-9-22)16-7-6-14-4-3-5-15(19)18(14)21-16/h3-7,13H,8-12H2,1-2H3,(H,20,24). The third-order valence-electron chi connectivity index (χ3n) is 4.17. The van der Waals surface area contributed by atoms with Crippen molar-refractivity contribution >= 4 is 38.6 Å². The van der Waals surface area contributed by atoms with Gasteiger partial charge in [0.05, 0.1) is 12.1 Å². The molecule has 2 aromatic rings. The molecule has 3 rings (SSSR count). The Morgan fingerprint density at radius 1 is 1.21 bits per heavy atom. The number of rotatable bonds is 4. The third kappa shape index (κ3) is 4.05. The van der Waals surface area contributed by atoms with E-state index in [9.17, 15) is 4.79 Å². The van der Waals surface area contributed by atoms with E-state index in [2.05, 4.69) is 49.2 Å². The molecule has 6 heteroatoms. The van der Waals surface area contributed by atoms with Crippen LogP contribution >= 0.6 is 15.9 Å². The molecule has 0 spiro atoms. The van der Waals surface area contributed by atoms with Gasteiger partial charge in [-0.3, -0.25) is 9.69 Å². The first-order chi connectivity index (χ1) is 11.5. The van der Waals surface area contributed by atoms with Crippen LogP contribution in [0.1, 0.15) is 13.8 Å². The van der Waals surface area contributed by atoms with Crippen LogP contribution in [0, 0.1) is 0 Å². The van der Waals surface area contributed by atoms with Gasteiger partial charge in [-0.05, 0) is 48.0 Å². The van der Waals surface area contributed by atoms with E-state index < -0.39 is 0 Å². The lowest BCUT2D eigenvalue weighted by Gasteiger charge is -2.35. The number of nitrogens with one attached hydrogen (secondary N) is 1. The number of amides is 1. The summed E-state index contributed by atoms with van der Waals surface area (Å²) >= 11 is 3.58. The molecule has 0 aliphatic carbocycles. The van der Waals surface area contributed by atoms with Crippen molar-refractivity contribution in [2.75, 3.05) is 37.6 Å². The van der Waals surface area contributed by atoms with Gasteiger partial charge in [0.25, 0.3) is 0 Å². The molecule has 128 valence electrons. The lowest BCUT2D eigenvalue weighted by Crippen LogP contribution is -2.50. The largest absolute Gasteiger partial charge is 0.354 e. The van der Waals surface area contributed by atoms with Crippen molar-refractivity contribution in [2.45, 2.75) is 19.9 Å². The van der Waals surface area contributed by atoms with E-state index >= 15 is 0 Å². The number of nitrogens with zero attached hydrogens (tertiary/aromatic N) is 3. The van der Waals surface area contributed by atoms with Crippen LogP contribution < -0.4 is 10.2 Å². The van der Waals surface area contributed by atoms with Crippen LogP contribution in [0.15, 0.2) is 34.8 Å². The van der Waals surface area contributed by atoms with Gasteiger partial charge in [0.2, 0.25) is 5.91 Å². The van der Waals surface area contributed by atoms with Gasteiger partial charge in [0.1, 0.15) is 5.82 Å². The van der Waals surface area contributed by atoms with Gasteiger partial charge in [0.15, 0.2) is 0 Å². The molecular weight excluding hydrogens is 368 g/mol. The molecule has 0 radical (unpaired) electrons. The highest BCUT2D eigenvalue weighted by atomic mass is 79.9. The number of piperazine rings is 1. The molecule has 1 saturated heterocycles. The summed E-state index contributed by atoms with van der Waals surface area (Å²) in [5, 5.41) is 4.08. The van der Waals surface area contributed by atoms with Crippen LogP contribution in [0.2, 0.25) is 0 Å². The van der Waals surface area contributed by atoms with Gasteiger partial charge >= 0.3 is 0 Å². The van der Waals surface area contributed by atoms with E-state index in [1.54, 1.807) is 0 Å². The van der Waals surface area contributed by atoms with Crippen LogP contribution in [0.25, 0.3) is 10.9 Å². The maximum absolute atomic E-state index is 11.9. The van der Waals surface area contributed by atoms with Crippen LogP contribution in [0.4, 0.5) is 5.82 Å². The molecule has 5 nitrogen and oxygen atoms in total. The number of carbonyl (C=O) groups excluding carboxylic acids is 1. The highest BCUT2D eigenvalue weighted by molar-refractivity contribution is 9.10. The maximum atomic E-state index is 11.9. The second-order valence-electron chi connectivity index (χ2n) is 6.47. The van der Waals surface area contributed by atoms with Crippen molar-refractivity contribution in [3.63, 3.8) is 0 Å². The second-order valence-corrected chi connectivity index (χ2v) is 7.32. The van der Waals surface area contributed by atoms with Crippen LogP contribution in [0.3, 0.4) is 0 Å². The number of hydrogen-bond donors (Lipinski definition) is 1.